The third-order valence-corrected chi connectivity index (χ3v) is 4.72. The predicted molar refractivity (Wildman–Crippen MR) is 91.6 cm³/mol. The van der Waals surface area contributed by atoms with Crippen molar-refractivity contribution in [2.24, 2.45) is 0 Å². The average Bonchev–Trinajstić information content (AvgIpc) is 2.80. The average molecular weight is 344 g/mol. The quantitative estimate of drug-likeness (QED) is 0.741. The minimum absolute atomic E-state index is 0.753. The molecule has 1 N–H and O–H groups in total. The van der Waals surface area contributed by atoms with E-state index in [0.717, 1.165) is 28.9 Å². The van der Waals surface area contributed by atoms with Gasteiger partial charge in [-0.05, 0) is 41.2 Å². The molecule has 21 heavy (non-hydrogen) atoms. The Morgan fingerprint density at radius 1 is 1.14 bits per heavy atom. The van der Waals surface area contributed by atoms with Crippen LogP contribution in [0.4, 0.5) is 5.69 Å². The SMILES string of the molecule is CCn1nc(C)c(Br)c1CNc1cccc2ccccc12. The standard InChI is InChI=1S/C17H18BrN3/c1-3-21-16(17(18)12(2)20-21)11-19-15-10-6-8-13-7-4-5-9-14(13)15/h4-10,19H,3,11H2,1-2H3. The summed E-state index contributed by atoms with van der Waals surface area (Å²) in [4.78, 5) is 0. The van der Waals surface area contributed by atoms with Crippen LogP contribution >= 0.6 is 15.9 Å². The lowest BCUT2D eigenvalue weighted by atomic mass is 10.1. The molecule has 1 heterocycles. The molecule has 0 aliphatic carbocycles. The number of rotatable bonds is 4. The molecule has 0 saturated heterocycles. The van der Waals surface area contributed by atoms with Gasteiger partial charge >= 0.3 is 0 Å². The van der Waals surface area contributed by atoms with Gasteiger partial charge in [-0.2, -0.15) is 5.10 Å². The Morgan fingerprint density at radius 2 is 1.90 bits per heavy atom. The fourth-order valence-electron chi connectivity index (χ4n) is 2.60. The van der Waals surface area contributed by atoms with E-state index in [9.17, 15) is 0 Å². The highest BCUT2D eigenvalue weighted by molar-refractivity contribution is 9.10. The maximum absolute atomic E-state index is 4.53. The number of anilines is 1. The predicted octanol–water partition coefficient (Wildman–Crippen LogP) is 4.74. The third-order valence-electron chi connectivity index (χ3n) is 3.69. The van der Waals surface area contributed by atoms with Crippen LogP contribution in [0.5, 0.6) is 0 Å². The van der Waals surface area contributed by atoms with Crippen molar-refractivity contribution >= 4 is 32.4 Å². The maximum atomic E-state index is 4.53. The first kappa shape index (κ1) is 14.1. The summed E-state index contributed by atoms with van der Waals surface area (Å²) in [5, 5.41) is 10.6. The van der Waals surface area contributed by atoms with E-state index in [0.29, 0.717) is 0 Å². The second-order valence-electron chi connectivity index (χ2n) is 5.04. The van der Waals surface area contributed by atoms with Crippen LogP contribution < -0.4 is 5.32 Å². The molecule has 108 valence electrons. The zero-order chi connectivity index (χ0) is 14.8. The molecule has 3 aromatic rings. The van der Waals surface area contributed by atoms with Crippen LogP contribution in [0.25, 0.3) is 10.8 Å². The first-order valence-corrected chi connectivity index (χ1v) is 7.93. The minimum atomic E-state index is 0.753. The number of fused-ring (bicyclic) bond motifs is 1. The lowest BCUT2D eigenvalue weighted by Crippen LogP contribution is -2.08. The Bertz CT molecular complexity index is 772. The second-order valence-corrected chi connectivity index (χ2v) is 5.84. The van der Waals surface area contributed by atoms with E-state index < -0.39 is 0 Å². The number of nitrogens with one attached hydrogen (secondary N) is 1. The van der Waals surface area contributed by atoms with E-state index >= 15 is 0 Å². The second kappa shape index (κ2) is 5.90. The molecule has 1 aromatic heterocycles. The van der Waals surface area contributed by atoms with Gasteiger partial charge in [-0.25, -0.2) is 0 Å². The van der Waals surface area contributed by atoms with Crippen LogP contribution in [0.2, 0.25) is 0 Å². The molecule has 0 unspecified atom stereocenters. The first-order valence-electron chi connectivity index (χ1n) is 7.14. The van der Waals surface area contributed by atoms with E-state index in [2.05, 4.69) is 75.7 Å². The smallest absolute Gasteiger partial charge is 0.0739 e. The molecule has 4 heteroatoms. The van der Waals surface area contributed by atoms with Gasteiger partial charge in [0.1, 0.15) is 0 Å². The van der Waals surface area contributed by atoms with Gasteiger partial charge in [0.15, 0.2) is 0 Å². The number of benzene rings is 2. The van der Waals surface area contributed by atoms with Crippen molar-refractivity contribution in [3.63, 3.8) is 0 Å². The molecule has 3 rings (SSSR count). The Hall–Kier alpha value is -1.81. The van der Waals surface area contributed by atoms with Gasteiger partial charge in [0.2, 0.25) is 0 Å². The largest absolute Gasteiger partial charge is 0.379 e. The summed E-state index contributed by atoms with van der Waals surface area (Å²) in [5.74, 6) is 0. The van der Waals surface area contributed by atoms with Gasteiger partial charge in [-0.15, -0.1) is 0 Å². The number of aromatic nitrogens is 2. The first-order chi connectivity index (χ1) is 10.2. The summed E-state index contributed by atoms with van der Waals surface area (Å²) in [6.45, 7) is 5.76. The summed E-state index contributed by atoms with van der Waals surface area (Å²) in [6, 6.07) is 14.8. The summed E-state index contributed by atoms with van der Waals surface area (Å²) < 4.78 is 3.13. The van der Waals surface area contributed by atoms with Gasteiger partial charge in [-0.1, -0.05) is 36.4 Å². The molecule has 0 radical (unpaired) electrons. The molecule has 2 aromatic carbocycles. The fourth-order valence-corrected chi connectivity index (χ4v) is 3.02. The Kier molecular flexibility index (Phi) is 3.97. The Balaban J connectivity index is 1.91. The summed E-state index contributed by atoms with van der Waals surface area (Å²) in [7, 11) is 0. The lowest BCUT2D eigenvalue weighted by Gasteiger charge is -2.11. The van der Waals surface area contributed by atoms with Crippen LogP contribution in [0.15, 0.2) is 46.9 Å². The molecular formula is C17H18BrN3. The molecule has 0 amide bonds. The highest BCUT2D eigenvalue weighted by Crippen LogP contribution is 2.26. The van der Waals surface area contributed by atoms with Crippen molar-refractivity contribution in [3.05, 3.63) is 58.3 Å². The Morgan fingerprint density at radius 3 is 2.71 bits per heavy atom. The minimum Gasteiger partial charge on any atom is -0.379 e. The van der Waals surface area contributed by atoms with Crippen LogP contribution in [0.3, 0.4) is 0 Å². The van der Waals surface area contributed by atoms with Crippen LogP contribution in [0.1, 0.15) is 18.3 Å². The highest BCUT2D eigenvalue weighted by atomic mass is 79.9. The third kappa shape index (κ3) is 2.68. The number of hydrogen-bond acceptors (Lipinski definition) is 2. The van der Waals surface area contributed by atoms with Crippen LogP contribution in [-0.2, 0) is 13.1 Å². The van der Waals surface area contributed by atoms with Gasteiger partial charge in [0.25, 0.3) is 0 Å². The Labute approximate surface area is 133 Å². The molecule has 3 nitrogen and oxygen atoms in total. The zero-order valence-electron chi connectivity index (χ0n) is 12.2. The van der Waals surface area contributed by atoms with E-state index in [-0.39, 0.29) is 0 Å². The molecule has 0 fully saturated rings. The van der Waals surface area contributed by atoms with Crippen molar-refractivity contribution in [2.75, 3.05) is 5.32 Å². The zero-order valence-corrected chi connectivity index (χ0v) is 13.8. The number of nitrogens with zero attached hydrogens (tertiary/aromatic N) is 2. The fraction of sp³-hybridized carbons (Fsp3) is 0.235. The van der Waals surface area contributed by atoms with Crippen molar-refractivity contribution < 1.29 is 0 Å². The monoisotopic (exact) mass is 343 g/mol. The lowest BCUT2D eigenvalue weighted by molar-refractivity contribution is 0.622. The van der Waals surface area contributed by atoms with Crippen LogP contribution in [-0.4, -0.2) is 9.78 Å². The molecule has 0 aliphatic heterocycles. The molecule has 0 atom stereocenters. The van der Waals surface area contributed by atoms with E-state index in [1.54, 1.807) is 0 Å². The topological polar surface area (TPSA) is 29.9 Å². The van der Waals surface area contributed by atoms with Crippen molar-refractivity contribution in [2.45, 2.75) is 26.9 Å². The van der Waals surface area contributed by atoms with Crippen molar-refractivity contribution in [1.29, 1.82) is 0 Å². The summed E-state index contributed by atoms with van der Waals surface area (Å²) in [5.41, 5.74) is 3.37. The van der Waals surface area contributed by atoms with Gasteiger partial charge in [-0.3, -0.25) is 4.68 Å². The number of aryl methyl sites for hydroxylation is 2. The highest BCUT2D eigenvalue weighted by Gasteiger charge is 2.12. The molecule has 0 aliphatic rings. The summed E-state index contributed by atoms with van der Waals surface area (Å²) in [6.07, 6.45) is 0. The maximum Gasteiger partial charge on any atom is 0.0739 e. The number of hydrogen-bond donors (Lipinski definition) is 1. The normalized spacial score (nSPS) is 11.0. The summed E-state index contributed by atoms with van der Waals surface area (Å²) >= 11 is 3.64. The van der Waals surface area contributed by atoms with Crippen LogP contribution in [0, 0.1) is 6.92 Å². The molecular weight excluding hydrogens is 326 g/mol. The van der Waals surface area contributed by atoms with Gasteiger partial charge in [0.05, 0.1) is 22.4 Å². The molecule has 0 spiro atoms. The van der Waals surface area contributed by atoms with E-state index in [4.69, 9.17) is 0 Å². The van der Waals surface area contributed by atoms with Crippen molar-refractivity contribution in [1.82, 2.24) is 9.78 Å². The van der Waals surface area contributed by atoms with Gasteiger partial charge in [0, 0.05) is 17.6 Å². The molecule has 0 bridgehead atoms. The number of halogens is 1. The van der Waals surface area contributed by atoms with Crippen molar-refractivity contribution in [3.8, 4) is 0 Å². The van der Waals surface area contributed by atoms with E-state index in [1.807, 2.05) is 11.6 Å². The van der Waals surface area contributed by atoms with Gasteiger partial charge < -0.3 is 5.32 Å². The molecule has 0 saturated carbocycles. The van der Waals surface area contributed by atoms with E-state index in [1.165, 1.54) is 16.5 Å².